The molecule has 1 amide bonds. The molecule has 7 nitrogen and oxygen atoms in total. The smallest absolute Gasteiger partial charge is 0.421 e. The number of hydrogen-bond acceptors (Lipinski definition) is 5. The SMILES string of the molecule is COC(=O)N(c1cc2cc(-c3cccnc3)ccc2o1)c1ccc(-c2ccc(F)cc2)cc1C(=O)O. The number of rotatable bonds is 5. The summed E-state index contributed by atoms with van der Waals surface area (Å²) in [7, 11) is 1.20. The molecule has 5 rings (SSSR count). The number of carbonyl (C=O) groups excluding carboxylic acids is 1. The summed E-state index contributed by atoms with van der Waals surface area (Å²) in [6.07, 6.45) is 2.61. The fourth-order valence-electron chi connectivity index (χ4n) is 3.98. The van der Waals surface area contributed by atoms with E-state index < -0.39 is 17.9 Å². The Hall–Kier alpha value is -4.98. The number of nitrogens with zero attached hydrogens (tertiary/aromatic N) is 2. The highest BCUT2D eigenvalue weighted by molar-refractivity contribution is 6.05. The summed E-state index contributed by atoms with van der Waals surface area (Å²) in [5.74, 6) is -1.56. The van der Waals surface area contributed by atoms with E-state index in [2.05, 4.69) is 4.98 Å². The van der Waals surface area contributed by atoms with Gasteiger partial charge in [-0.25, -0.2) is 18.9 Å². The number of aromatic nitrogens is 1. The molecule has 2 aromatic heterocycles. The zero-order chi connectivity index (χ0) is 25.2. The number of hydrogen-bond donors (Lipinski definition) is 1. The molecule has 178 valence electrons. The first kappa shape index (κ1) is 22.8. The largest absolute Gasteiger partial charge is 0.478 e. The molecule has 0 spiro atoms. The van der Waals surface area contributed by atoms with Gasteiger partial charge in [0.05, 0.1) is 18.4 Å². The molecule has 0 radical (unpaired) electrons. The van der Waals surface area contributed by atoms with Gasteiger partial charge < -0.3 is 14.3 Å². The van der Waals surface area contributed by atoms with E-state index in [-0.39, 0.29) is 17.1 Å². The topological polar surface area (TPSA) is 92.9 Å². The molecular weight excluding hydrogens is 463 g/mol. The summed E-state index contributed by atoms with van der Waals surface area (Å²) < 4.78 is 24.2. The van der Waals surface area contributed by atoms with E-state index in [1.54, 1.807) is 42.7 Å². The number of aromatic carboxylic acids is 1. The first-order valence-corrected chi connectivity index (χ1v) is 10.9. The first-order valence-electron chi connectivity index (χ1n) is 10.9. The second-order valence-electron chi connectivity index (χ2n) is 7.93. The molecule has 0 saturated carbocycles. The maximum absolute atomic E-state index is 13.3. The van der Waals surface area contributed by atoms with Crippen molar-refractivity contribution in [3.8, 4) is 22.3 Å². The van der Waals surface area contributed by atoms with Gasteiger partial charge in [0.15, 0.2) is 0 Å². The van der Waals surface area contributed by atoms with Gasteiger partial charge in [-0.3, -0.25) is 4.98 Å². The number of halogens is 1. The zero-order valence-electron chi connectivity index (χ0n) is 19.0. The molecule has 5 aromatic rings. The number of pyridine rings is 1. The highest BCUT2D eigenvalue weighted by Gasteiger charge is 2.27. The number of carboxylic acids is 1. The molecule has 2 heterocycles. The third-order valence-corrected chi connectivity index (χ3v) is 5.72. The summed E-state index contributed by atoms with van der Waals surface area (Å²) in [6, 6.07) is 21.2. The Morgan fingerprint density at radius 3 is 2.33 bits per heavy atom. The minimum atomic E-state index is -1.25. The number of fused-ring (bicyclic) bond motifs is 1. The normalized spacial score (nSPS) is 10.8. The summed E-state index contributed by atoms with van der Waals surface area (Å²) in [4.78, 5) is 30.3. The van der Waals surface area contributed by atoms with Crippen molar-refractivity contribution >= 4 is 34.6 Å². The Kier molecular flexibility index (Phi) is 5.92. The molecule has 0 fully saturated rings. The van der Waals surface area contributed by atoms with Crippen LogP contribution in [0.15, 0.2) is 95.7 Å². The number of benzene rings is 3. The minimum absolute atomic E-state index is 0.0618. The predicted molar refractivity (Wildman–Crippen MR) is 133 cm³/mol. The van der Waals surface area contributed by atoms with Gasteiger partial charge in [0.1, 0.15) is 11.4 Å². The molecule has 0 aliphatic heterocycles. The summed E-state index contributed by atoms with van der Waals surface area (Å²) in [5, 5.41) is 10.7. The number of carboxylic acid groups (broad SMARTS) is 1. The van der Waals surface area contributed by atoms with Gasteiger partial charge in [0.2, 0.25) is 5.88 Å². The van der Waals surface area contributed by atoms with Crippen LogP contribution in [-0.4, -0.2) is 29.3 Å². The summed E-state index contributed by atoms with van der Waals surface area (Å²) in [6.45, 7) is 0. The Bertz CT molecular complexity index is 1580. The van der Waals surface area contributed by atoms with E-state index in [4.69, 9.17) is 9.15 Å². The van der Waals surface area contributed by atoms with E-state index in [0.717, 1.165) is 16.0 Å². The van der Waals surface area contributed by atoms with E-state index in [0.29, 0.717) is 22.1 Å². The molecule has 36 heavy (non-hydrogen) atoms. The van der Waals surface area contributed by atoms with Crippen LogP contribution in [0.5, 0.6) is 0 Å². The highest BCUT2D eigenvalue weighted by atomic mass is 19.1. The van der Waals surface area contributed by atoms with E-state index in [9.17, 15) is 19.1 Å². The minimum Gasteiger partial charge on any atom is -0.478 e. The van der Waals surface area contributed by atoms with Crippen LogP contribution in [0.2, 0.25) is 0 Å². The monoisotopic (exact) mass is 482 g/mol. The Morgan fingerprint density at radius 1 is 0.917 bits per heavy atom. The molecule has 0 saturated heterocycles. The van der Waals surface area contributed by atoms with Crippen molar-refractivity contribution in [3.63, 3.8) is 0 Å². The highest BCUT2D eigenvalue weighted by Crippen LogP contribution is 2.37. The third kappa shape index (κ3) is 4.27. The molecule has 0 unspecified atom stereocenters. The third-order valence-electron chi connectivity index (χ3n) is 5.72. The summed E-state index contributed by atoms with van der Waals surface area (Å²) in [5.41, 5.74) is 3.41. The molecule has 0 aliphatic carbocycles. The summed E-state index contributed by atoms with van der Waals surface area (Å²) >= 11 is 0. The predicted octanol–water partition coefficient (Wildman–Crippen LogP) is 6.90. The van der Waals surface area contributed by atoms with Gasteiger partial charge >= 0.3 is 12.1 Å². The van der Waals surface area contributed by atoms with Crippen LogP contribution in [0.25, 0.3) is 33.2 Å². The first-order chi connectivity index (χ1) is 17.4. The lowest BCUT2D eigenvalue weighted by atomic mass is 10.0. The van der Waals surface area contributed by atoms with Crippen LogP contribution in [0.3, 0.4) is 0 Å². The number of ether oxygens (including phenoxy) is 1. The number of amides is 1. The van der Waals surface area contributed by atoms with E-state index in [1.807, 2.05) is 24.3 Å². The lowest BCUT2D eigenvalue weighted by Gasteiger charge is -2.21. The average molecular weight is 482 g/mol. The second-order valence-corrected chi connectivity index (χ2v) is 7.93. The number of anilines is 2. The van der Waals surface area contributed by atoms with Crippen molar-refractivity contribution in [2.45, 2.75) is 0 Å². The van der Waals surface area contributed by atoms with Gasteiger partial charge in [-0.2, -0.15) is 0 Å². The van der Waals surface area contributed by atoms with Crippen LogP contribution in [0, 0.1) is 5.82 Å². The number of carbonyl (C=O) groups is 2. The molecule has 1 N–H and O–H groups in total. The fraction of sp³-hybridized carbons (Fsp3) is 0.0357. The van der Waals surface area contributed by atoms with Gasteiger partial charge in [-0.15, -0.1) is 0 Å². The maximum Gasteiger partial charge on any atom is 0.421 e. The van der Waals surface area contributed by atoms with Crippen molar-refractivity contribution in [1.82, 2.24) is 4.98 Å². The van der Waals surface area contributed by atoms with Gasteiger partial charge in [-0.1, -0.05) is 30.3 Å². The maximum atomic E-state index is 13.3. The standard InChI is InChI=1S/C28H19FN2O5/c1-35-28(34)31(24-10-6-19(14-23(24)27(32)33)17-4-8-22(29)9-5-17)26-15-21-13-18(7-11-25(21)36-26)20-3-2-12-30-16-20/h2-16H,1H3,(H,32,33). The van der Waals surface area contributed by atoms with Crippen molar-refractivity contribution in [1.29, 1.82) is 0 Å². The zero-order valence-corrected chi connectivity index (χ0v) is 19.0. The van der Waals surface area contributed by atoms with Crippen molar-refractivity contribution < 1.29 is 28.2 Å². The van der Waals surface area contributed by atoms with Crippen LogP contribution in [0.1, 0.15) is 10.4 Å². The van der Waals surface area contributed by atoms with Crippen molar-refractivity contribution in [2.75, 3.05) is 12.0 Å². The van der Waals surface area contributed by atoms with Crippen molar-refractivity contribution in [2.24, 2.45) is 0 Å². The van der Waals surface area contributed by atoms with Crippen LogP contribution in [-0.2, 0) is 4.74 Å². The molecule has 0 bridgehead atoms. The van der Waals surface area contributed by atoms with Crippen molar-refractivity contribution in [3.05, 3.63) is 103 Å². The Balaban J connectivity index is 1.61. The molecule has 8 heteroatoms. The van der Waals surface area contributed by atoms with Gasteiger partial charge in [0, 0.05) is 29.4 Å². The molecule has 0 atom stereocenters. The fourth-order valence-corrected chi connectivity index (χ4v) is 3.98. The van der Waals surface area contributed by atoms with Gasteiger partial charge in [-0.05, 0) is 59.2 Å². The molecule has 0 aliphatic rings. The van der Waals surface area contributed by atoms with Crippen LogP contribution in [0.4, 0.5) is 20.8 Å². The lowest BCUT2D eigenvalue weighted by Crippen LogP contribution is -2.27. The van der Waals surface area contributed by atoms with E-state index >= 15 is 0 Å². The Morgan fingerprint density at radius 2 is 1.64 bits per heavy atom. The number of methoxy groups -OCH3 is 1. The number of furan rings is 1. The van der Waals surface area contributed by atoms with E-state index in [1.165, 1.54) is 31.4 Å². The Labute approximate surface area is 205 Å². The molecule has 3 aromatic carbocycles. The molecular formula is C28H19FN2O5. The average Bonchev–Trinajstić information content (AvgIpc) is 3.32. The van der Waals surface area contributed by atoms with Crippen LogP contribution >= 0.6 is 0 Å². The van der Waals surface area contributed by atoms with Gasteiger partial charge in [0.25, 0.3) is 0 Å². The second kappa shape index (κ2) is 9.34. The van der Waals surface area contributed by atoms with Crippen LogP contribution < -0.4 is 4.90 Å². The lowest BCUT2D eigenvalue weighted by molar-refractivity contribution is 0.0698. The quantitative estimate of drug-likeness (QED) is 0.293.